The fraction of sp³-hybridized carbons (Fsp3) is 0.158. The van der Waals surface area contributed by atoms with Crippen molar-refractivity contribution >= 4 is 32.0 Å². The molecule has 5 rings (SSSR count). The molecule has 4 aromatic rings. The molecule has 3 heterocycles. The van der Waals surface area contributed by atoms with Crippen LogP contribution in [0.2, 0.25) is 0 Å². The van der Waals surface area contributed by atoms with Crippen molar-refractivity contribution in [1.29, 1.82) is 0 Å². The molecule has 0 spiro atoms. The minimum absolute atomic E-state index is 0.0575. The molecule has 0 bridgehead atoms. The third kappa shape index (κ3) is 2.93. The summed E-state index contributed by atoms with van der Waals surface area (Å²) < 4.78 is 45.7. The first-order chi connectivity index (χ1) is 13.9. The van der Waals surface area contributed by atoms with Gasteiger partial charge in [0.25, 0.3) is 0 Å². The molecule has 0 atom stereocenters. The molecular formula is C19H15N3O6S. The SMILES string of the molecule is Cn1cnc2c(=O)oc3ccc(S(=O)(=O)NCc4ccc5c(c4)OCO5)cc3c21. The van der Waals surface area contributed by atoms with Gasteiger partial charge in [-0.25, -0.2) is 22.9 Å². The number of hydrogen-bond acceptors (Lipinski definition) is 7. The quantitative estimate of drug-likeness (QED) is 0.508. The zero-order valence-electron chi connectivity index (χ0n) is 15.2. The number of rotatable bonds is 4. The van der Waals surface area contributed by atoms with Crippen LogP contribution in [0.4, 0.5) is 0 Å². The summed E-state index contributed by atoms with van der Waals surface area (Å²) in [6.45, 7) is 0.238. The highest BCUT2D eigenvalue weighted by Gasteiger charge is 2.19. The van der Waals surface area contributed by atoms with Crippen molar-refractivity contribution in [1.82, 2.24) is 14.3 Å². The first-order valence-electron chi connectivity index (χ1n) is 8.68. The van der Waals surface area contributed by atoms with Crippen LogP contribution in [0.15, 0.2) is 56.8 Å². The summed E-state index contributed by atoms with van der Waals surface area (Å²) in [7, 11) is -2.08. The zero-order valence-corrected chi connectivity index (χ0v) is 16.0. The molecule has 2 aromatic carbocycles. The molecule has 9 nitrogen and oxygen atoms in total. The van der Waals surface area contributed by atoms with Crippen molar-refractivity contribution in [3.63, 3.8) is 0 Å². The Morgan fingerprint density at radius 1 is 1.14 bits per heavy atom. The van der Waals surface area contributed by atoms with Gasteiger partial charge in [-0.05, 0) is 35.9 Å². The molecule has 0 saturated heterocycles. The van der Waals surface area contributed by atoms with E-state index in [1.54, 1.807) is 29.8 Å². The average Bonchev–Trinajstić information content (AvgIpc) is 3.33. The van der Waals surface area contributed by atoms with Gasteiger partial charge in [0, 0.05) is 19.0 Å². The van der Waals surface area contributed by atoms with Crippen molar-refractivity contribution in [2.75, 3.05) is 6.79 Å². The van der Waals surface area contributed by atoms with Crippen molar-refractivity contribution in [2.45, 2.75) is 11.4 Å². The largest absolute Gasteiger partial charge is 0.454 e. The summed E-state index contributed by atoms with van der Waals surface area (Å²) in [4.78, 5) is 16.1. The van der Waals surface area contributed by atoms with Gasteiger partial charge in [-0.1, -0.05) is 6.07 Å². The molecule has 1 aliphatic rings. The fourth-order valence-electron chi connectivity index (χ4n) is 3.31. The van der Waals surface area contributed by atoms with E-state index < -0.39 is 15.6 Å². The Hall–Kier alpha value is -3.37. The zero-order chi connectivity index (χ0) is 20.2. The van der Waals surface area contributed by atoms with E-state index in [9.17, 15) is 13.2 Å². The summed E-state index contributed by atoms with van der Waals surface area (Å²) in [6, 6.07) is 9.59. The van der Waals surface area contributed by atoms with Gasteiger partial charge in [-0.15, -0.1) is 0 Å². The topological polar surface area (TPSA) is 113 Å². The molecular weight excluding hydrogens is 398 g/mol. The van der Waals surface area contributed by atoms with E-state index in [-0.39, 0.29) is 23.7 Å². The van der Waals surface area contributed by atoms with Crippen LogP contribution >= 0.6 is 0 Å². The minimum atomic E-state index is -3.81. The first-order valence-corrected chi connectivity index (χ1v) is 10.2. The van der Waals surface area contributed by atoms with Gasteiger partial charge in [-0.2, -0.15) is 0 Å². The van der Waals surface area contributed by atoms with Crippen molar-refractivity contribution < 1.29 is 22.3 Å². The van der Waals surface area contributed by atoms with E-state index in [2.05, 4.69) is 9.71 Å². The van der Waals surface area contributed by atoms with Gasteiger partial charge in [0.2, 0.25) is 16.8 Å². The van der Waals surface area contributed by atoms with E-state index in [0.717, 1.165) is 5.56 Å². The van der Waals surface area contributed by atoms with E-state index in [1.807, 2.05) is 0 Å². The van der Waals surface area contributed by atoms with Crippen molar-refractivity contribution in [3.8, 4) is 11.5 Å². The van der Waals surface area contributed by atoms with Crippen LogP contribution in [-0.4, -0.2) is 24.8 Å². The molecule has 1 aliphatic heterocycles. The van der Waals surface area contributed by atoms with Crippen LogP contribution in [0.5, 0.6) is 11.5 Å². The number of imidazole rings is 1. The lowest BCUT2D eigenvalue weighted by atomic mass is 10.2. The van der Waals surface area contributed by atoms with Crippen LogP contribution in [-0.2, 0) is 23.6 Å². The van der Waals surface area contributed by atoms with Crippen LogP contribution < -0.4 is 19.8 Å². The third-order valence-corrected chi connectivity index (χ3v) is 6.15. The molecule has 29 heavy (non-hydrogen) atoms. The summed E-state index contributed by atoms with van der Waals surface area (Å²) in [5.74, 6) is 1.22. The van der Waals surface area contributed by atoms with E-state index in [1.165, 1.54) is 24.5 Å². The number of benzene rings is 2. The number of nitrogens with one attached hydrogen (secondary N) is 1. The molecule has 1 N–H and O–H groups in total. The highest BCUT2D eigenvalue weighted by Crippen LogP contribution is 2.32. The number of aryl methyl sites for hydroxylation is 1. The number of fused-ring (bicyclic) bond motifs is 4. The van der Waals surface area contributed by atoms with E-state index in [4.69, 9.17) is 13.9 Å². The molecule has 0 radical (unpaired) electrons. The fourth-order valence-corrected chi connectivity index (χ4v) is 4.35. The lowest BCUT2D eigenvalue weighted by molar-refractivity contribution is 0.174. The standard InChI is InChI=1S/C19H15N3O6S/c1-22-9-20-17-18(22)13-7-12(3-5-14(13)28-19(17)23)29(24,25)21-8-11-2-4-15-16(6-11)27-10-26-15/h2-7,9,21H,8,10H2,1H3. The second-order valence-electron chi connectivity index (χ2n) is 6.61. The maximum atomic E-state index is 12.8. The van der Waals surface area contributed by atoms with Gasteiger partial charge < -0.3 is 18.5 Å². The van der Waals surface area contributed by atoms with E-state index >= 15 is 0 Å². The second-order valence-corrected chi connectivity index (χ2v) is 8.38. The molecule has 0 saturated carbocycles. The molecule has 10 heteroatoms. The monoisotopic (exact) mass is 413 g/mol. The highest BCUT2D eigenvalue weighted by molar-refractivity contribution is 7.89. The minimum Gasteiger partial charge on any atom is -0.454 e. The number of ether oxygens (including phenoxy) is 2. The molecule has 2 aromatic heterocycles. The summed E-state index contributed by atoms with van der Waals surface area (Å²) in [5, 5.41) is 0.491. The van der Waals surface area contributed by atoms with Crippen molar-refractivity contribution in [3.05, 3.63) is 58.7 Å². The predicted molar refractivity (Wildman–Crippen MR) is 103 cm³/mol. The Balaban J connectivity index is 1.50. The molecule has 0 aliphatic carbocycles. The molecule has 0 fully saturated rings. The Labute approximate surface area is 164 Å². The van der Waals surface area contributed by atoms with Gasteiger partial charge in [0.15, 0.2) is 17.0 Å². The normalized spacial score (nSPS) is 13.4. The van der Waals surface area contributed by atoms with Crippen molar-refractivity contribution in [2.24, 2.45) is 7.05 Å². The summed E-state index contributed by atoms with van der Waals surface area (Å²) in [6.07, 6.45) is 1.49. The smallest absolute Gasteiger partial charge is 0.364 e. The Kier molecular flexibility index (Phi) is 3.86. The second kappa shape index (κ2) is 6.33. The molecule has 0 amide bonds. The van der Waals surface area contributed by atoms with Crippen LogP contribution in [0.1, 0.15) is 5.56 Å². The van der Waals surface area contributed by atoms with Gasteiger partial charge in [0.1, 0.15) is 5.58 Å². The lowest BCUT2D eigenvalue weighted by Crippen LogP contribution is -2.23. The first kappa shape index (κ1) is 17.7. The number of aromatic nitrogens is 2. The Morgan fingerprint density at radius 3 is 2.83 bits per heavy atom. The number of nitrogens with zero attached hydrogens (tertiary/aromatic N) is 2. The van der Waals surface area contributed by atoms with Crippen LogP contribution in [0.3, 0.4) is 0 Å². The summed E-state index contributed by atoms with van der Waals surface area (Å²) >= 11 is 0. The highest BCUT2D eigenvalue weighted by atomic mass is 32.2. The van der Waals surface area contributed by atoms with Gasteiger partial charge >= 0.3 is 5.63 Å². The molecule has 148 valence electrons. The lowest BCUT2D eigenvalue weighted by Gasteiger charge is -2.09. The summed E-state index contributed by atoms with van der Waals surface area (Å²) in [5.41, 5.74) is 1.14. The maximum absolute atomic E-state index is 12.8. The Bertz CT molecular complexity index is 1440. The maximum Gasteiger partial charge on any atom is 0.364 e. The van der Waals surface area contributed by atoms with E-state index in [0.29, 0.717) is 28.0 Å². The van der Waals surface area contributed by atoms with Crippen LogP contribution in [0.25, 0.3) is 22.0 Å². The van der Waals surface area contributed by atoms with Gasteiger partial charge in [-0.3, -0.25) is 0 Å². The number of sulfonamides is 1. The van der Waals surface area contributed by atoms with Crippen LogP contribution in [0, 0.1) is 0 Å². The number of hydrogen-bond donors (Lipinski definition) is 1. The van der Waals surface area contributed by atoms with Gasteiger partial charge in [0.05, 0.1) is 16.7 Å². The predicted octanol–water partition coefficient (Wildman–Crippen LogP) is 1.89. The third-order valence-electron chi connectivity index (χ3n) is 4.75. The average molecular weight is 413 g/mol. The molecule has 0 unspecified atom stereocenters. The Morgan fingerprint density at radius 2 is 1.97 bits per heavy atom.